The third-order valence-electron chi connectivity index (χ3n) is 7.16. The van der Waals surface area contributed by atoms with Gasteiger partial charge in [0.05, 0.1) is 64.1 Å². The van der Waals surface area contributed by atoms with E-state index in [-0.39, 0.29) is 37.5 Å². The van der Waals surface area contributed by atoms with Crippen molar-refractivity contribution in [2.24, 2.45) is 5.92 Å². The molecule has 7 nitrogen and oxygen atoms in total. The molecule has 8 heteroatoms. The normalized spacial score (nSPS) is 23.0. The third-order valence-corrected chi connectivity index (χ3v) is 9.27. The molecular weight excluding hydrogens is 539 g/mol. The van der Waals surface area contributed by atoms with Gasteiger partial charge in [-0.1, -0.05) is 97.9 Å². The predicted molar refractivity (Wildman–Crippen MR) is 160 cm³/mol. The lowest BCUT2D eigenvalue weighted by Gasteiger charge is -2.46. The molecule has 3 aromatic carbocycles. The largest absolute Gasteiger partial charge is 0.374 e. The van der Waals surface area contributed by atoms with Gasteiger partial charge in [0.1, 0.15) is 6.10 Å². The third kappa shape index (κ3) is 9.59. The van der Waals surface area contributed by atoms with E-state index < -0.39 is 19.8 Å². The highest BCUT2D eigenvalue weighted by Gasteiger charge is 2.48. The van der Waals surface area contributed by atoms with Crippen LogP contribution < -0.4 is 0 Å². The summed E-state index contributed by atoms with van der Waals surface area (Å²) in [4.78, 5) is 0. The molecule has 0 aromatic heterocycles. The van der Waals surface area contributed by atoms with E-state index in [1.165, 1.54) is 0 Å². The zero-order chi connectivity index (χ0) is 28.9. The summed E-state index contributed by atoms with van der Waals surface area (Å²) >= 11 is 0. The zero-order valence-electron chi connectivity index (χ0n) is 24.3. The van der Waals surface area contributed by atoms with E-state index in [9.17, 15) is 4.57 Å². The first-order chi connectivity index (χ1) is 20.0. The Morgan fingerprint density at radius 1 is 0.659 bits per heavy atom. The van der Waals surface area contributed by atoms with Crippen LogP contribution in [0.4, 0.5) is 0 Å². The van der Waals surface area contributed by atoms with Gasteiger partial charge in [-0.15, -0.1) is 0 Å². The molecule has 3 aromatic rings. The summed E-state index contributed by atoms with van der Waals surface area (Å²) in [5.74, 6) is -0.0647. The molecule has 222 valence electrons. The maximum Gasteiger partial charge on any atom is 0.333 e. The number of benzene rings is 3. The highest BCUT2D eigenvalue weighted by molar-refractivity contribution is 7.53. The molecule has 0 unspecified atom stereocenters. The SMILES string of the molecule is CCOP(=O)(C[C@H]1O[C@H](COCc2ccccc2)[C@@H](C)[C@H](OCc2ccccc2)[C@@H]1OCc1ccccc1)OCC. The average molecular weight is 583 g/mol. The first-order valence-corrected chi connectivity index (χ1v) is 16.2. The van der Waals surface area contributed by atoms with Crippen molar-refractivity contribution in [3.05, 3.63) is 108 Å². The van der Waals surface area contributed by atoms with E-state index in [1.54, 1.807) is 0 Å². The molecule has 0 aliphatic carbocycles. The van der Waals surface area contributed by atoms with Crippen molar-refractivity contribution in [2.75, 3.05) is 26.0 Å². The Morgan fingerprint density at radius 2 is 1.12 bits per heavy atom. The fourth-order valence-electron chi connectivity index (χ4n) is 5.09. The maximum absolute atomic E-state index is 13.7. The van der Waals surface area contributed by atoms with E-state index in [4.69, 9.17) is 28.0 Å². The lowest BCUT2D eigenvalue weighted by atomic mass is 9.88. The average Bonchev–Trinajstić information content (AvgIpc) is 2.99. The monoisotopic (exact) mass is 582 g/mol. The molecule has 1 aliphatic rings. The van der Waals surface area contributed by atoms with Gasteiger partial charge in [0.25, 0.3) is 0 Å². The van der Waals surface area contributed by atoms with Crippen LogP contribution in [0.5, 0.6) is 0 Å². The van der Waals surface area contributed by atoms with Crippen LogP contribution in [0.2, 0.25) is 0 Å². The van der Waals surface area contributed by atoms with Crippen molar-refractivity contribution in [3.63, 3.8) is 0 Å². The lowest BCUT2D eigenvalue weighted by Crippen LogP contribution is -2.57. The van der Waals surface area contributed by atoms with Crippen LogP contribution in [-0.2, 0) is 52.4 Å². The minimum atomic E-state index is -3.45. The molecule has 5 atom stereocenters. The molecule has 1 heterocycles. The van der Waals surface area contributed by atoms with E-state index in [2.05, 4.69) is 6.92 Å². The molecular formula is C33H43O7P. The Morgan fingerprint density at radius 3 is 1.61 bits per heavy atom. The second kappa shape index (κ2) is 16.3. The summed E-state index contributed by atoms with van der Waals surface area (Å²) in [5, 5.41) is 0. The smallest absolute Gasteiger partial charge is 0.333 e. The highest BCUT2D eigenvalue weighted by atomic mass is 31.2. The molecule has 1 saturated heterocycles. The van der Waals surface area contributed by atoms with Gasteiger partial charge in [0, 0.05) is 5.92 Å². The summed E-state index contributed by atoms with van der Waals surface area (Å²) in [7, 11) is -3.45. The predicted octanol–water partition coefficient (Wildman–Crippen LogP) is 7.04. The Bertz CT molecular complexity index is 1170. The van der Waals surface area contributed by atoms with E-state index >= 15 is 0 Å². The Hall–Kier alpha value is -2.35. The summed E-state index contributed by atoms with van der Waals surface area (Å²) < 4.78 is 51.0. The summed E-state index contributed by atoms with van der Waals surface area (Å²) in [6.07, 6.45) is -1.70. The van der Waals surface area contributed by atoms with Gasteiger partial charge in [-0.3, -0.25) is 4.57 Å². The van der Waals surface area contributed by atoms with Crippen LogP contribution in [0.3, 0.4) is 0 Å². The van der Waals surface area contributed by atoms with E-state index in [0.717, 1.165) is 16.7 Å². The van der Waals surface area contributed by atoms with Gasteiger partial charge in [0.15, 0.2) is 0 Å². The van der Waals surface area contributed by atoms with Crippen molar-refractivity contribution >= 4 is 7.60 Å². The molecule has 4 rings (SSSR count). The van der Waals surface area contributed by atoms with Crippen molar-refractivity contribution in [2.45, 2.75) is 65.0 Å². The standard InChI is InChI=1S/C33H43O7P/c1-4-38-41(34,39-5-2)25-31-33(37-23-29-19-13-8-14-20-29)32(36-22-28-17-11-7-12-18-28)26(3)30(40-31)24-35-21-27-15-9-6-10-16-27/h6-20,26,30-33H,4-5,21-25H2,1-3H3/t26-,30-,31-,32+,33-/m1/s1. The second-order valence-electron chi connectivity index (χ2n) is 10.2. The number of hydrogen-bond donors (Lipinski definition) is 0. The zero-order valence-corrected chi connectivity index (χ0v) is 25.2. The van der Waals surface area contributed by atoms with Crippen LogP contribution >= 0.6 is 7.60 Å². The molecule has 0 spiro atoms. The minimum Gasteiger partial charge on any atom is -0.374 e. The van der Waals surface area contributed by atoms with Crippen LogP contribution in [0.25, 0.3) is 0 Å². The van der Waals surface area contributed by atoms with E-state index in [0.29, 0.717) is 26.4 Å². The fourth-order valence-corrected chi connectivity index (χ4v) is 6.90. The first-order valence-electron chi connectivity index (χ1n) is 14.5. The first kappa shape index (κ1) is 31.6. The molecule has 0 N–H and O–H groups in total. The summed E-state index contributed by atoms with van der Waals surface area (Å²) in [6, 6.07) is 30.1. The lowest BCUT2D eigenvalue weighted by molar-refractivity contribution is -0.235. The van der Waals surface area contributed by atoms with Crippen LogP contribution in [0, 0.1) is 5.92 Å². The van der Waals surface area contributed by atoms with Crippen molar-refractivity contribution in [1.82, 2.24) is 0 Å². The van der Waals surface area contributed by atoms with Crippen molar-refractivity contribution in [3.8, 4) is 0 Å². The summed E-state index contributed by atoms with van der Waals surface area (Å²) in [6.45, 7) is 7.88. The van der Waals surface area contributed by atoms with Crippen molar-refractivity contribution < 1.29 is 32.6 Å². The Kier molecular flexibility index (Phi) is 12.6. The van der Waals surface area contributed by atoms with Crippen LogP contribution in [0.15, 0.2) is 91.0 Å². The Labute approximate surface area is 244 Å². The number of ether oxygens (including phenoxy) is 4. The Balaban J connectivity index is 1.58. The molecule has 41 heavy (non-hydrogen) atoms. The van der Waals surface area contributed by atoms with Crippen LogP contribution in [0.1, 0.15) is 37.5 Å². The summed E-state index contributed by atoms with van der Waals surface area (Å²) in [5.41, 5.74) is 3.19. The topological polar surface area (TPSA) is 72.5 Å². The van der Waals surface area contributed by atoms with Gasteiger partial charge in [-0.05, 0) is 30.5 Å². The quantitative estimate of drug-likeness (QED) is 0.168. The fraction of sp³-hybridized carbons (Fsp3) is 0.455. The van der Waals surface area contributed by atoms with Gasteiger partial charge in [-0.25, -0.2) is 0 Å². The molecule has 0 saturated carbocycles. The maximum atomic E-state index is 13.7. The number of rotatable bonds is 16. The molecule has 0 bridgehead atoms. The number of hydrogen-bond acceptors (Lipinski definition) is 7. The van der Waals surface area contributed by atoms with Gasteiger partial charge in [-0.2, -0.15) is 0 Å². The van der Waals surface area contributed by atoms with Gasteiger partial charge < -0.3 is 28.0 Å². The van der Waals surface area contributed by atoms with Gasteiger partial charge in [0.2, 0.25) is 0 Å². The second-order valence-corrected chi connectivity index (χ2v) is 12.3. The highest BCUT2D eigenvalue weighted by Crippen LogP contribution is 2.50. The molecule has 0 radical (unpaired) electrons. The molecule has 0 amide bonds. The molecule has 1 aliphatic heterocycles. The van der Waals surface area contributed by atoms with Gasteiger partial charge >= 0.3 is 7.60 Å². The minimum absolute atomic E-state index is 0.0568. The van der Waals surface area contributed by atoms with Crippen molar-refractivity contribution in [1.29, 1.82) is 0 Å². The van der Waals surface area contributed by atoms with E-state index in [1.807, 2.05) is 105 Å². The molecule has 1 fully saturated rings. The van der Waals surface area contributed by atoms with Crippen LogP contribution in [-0.4, -0.2) is 50.4 Å².